The van der Waals surface area contributed by atoms with Crippen molar-refractivity contribution in [2.75, 3.05) is 25.4 Å². The largest absolute Gasteiger partial charge is 0.492 e. The highest BCUT2D eigenvalue weighted by atomic mass is 35.5. The number of rotatable bonds is 10. The molecule has 0 bridgehead atoms. The Bertz CT molecular complexity index is 1210. The Morgan fingerprint density at radius 1 is 1.24 bits per heavy atom. The van der Waals surface area contributed by atoms with Crippen molar-refractivity contribution in [3.8, 4) is 5.75 Å². The molecule has 37 heavy (non-hydrogen) atoms. The van der Waals surface area contributed by atoms with Gasteiger partial charge in [0.05, 0.1) is 11.8 Å². The lowest BCUT2D eigenvalue weighted by Crippen LogP contribution is -2.55. The number of hydrogen-bond donors (Lipinski definition) is 2. The van der Waals surface area contributed by atoms with Crippen molar-refractivity contribution in [1.29, 1.82) is 0 Å². The number of nitrogens with one attached hydrogen (secondary N) is 1. The Morgan fingerprint density at radius 2 is 1.97 bits per heavy atom. The van der Waals surface area contributed by atoms with Crippen molar-refractivity contribution in [3.05, 3.63) is 64.2 Å². The van der Waals surface area contributed by atoms with Crippen LogP contribution in [0.3, 0.4) is 0 Å². The van der Waals surface area contributed by atoms with Crippen molar-refractivity contribution in [2.45, 2.75) is 70.4 Å². The maximum Gasteiger partial charge on any atom is 0.211 e. The third kappa shape index (κ3) is 6.24. The van der Waals surface area contributed by atoms with E-state index in [9.17, 15) is 8.42 Å². The second-order valence-corrected chi connectivity index (χ2v) is 12.7. The number of ether oxygens (including phenoxy) is 1. The van der Waals surface area contributed by atoms with E-state index in [1.165, 1.54) is 16.7 Å². The van der Waals surface area contributed by atoms with Crippen molar-refractivity contribution in [3.63, 3.8) is 0 Å². The Labute approximate surface area is 226 Å². The van der Waals surface area contributed by atoms with Gasteiger partial charge in [0.1, 0.15) is 12.4 Å². The molecule has 1 aliphatic carbocycles. The van der Waals surface area contributed by atoms with Gasteiger partial charge in [-0.05, 0) is 80.5 Å². The van der Waals surface area contributed by atoms with E-state index in [1.807, 2.05) is 39.0 Å². The van der Waals surface area contributed by atoms with Crippen LogP contribution in [0.5, 0.6) is 5.75 Å². The number of aliphatic imine (C=N–C) groups is 1. The van der Waals surface area contributed by atoms with E-state index in [4.69, 9.17) is 27.1 Å². The maximum atomic E-state index is 12.0. The van der Waals surface area contributed by atoms with E-state index in [1.54, 1.807) is 0 Å². The molecule has 0 saturated heterocycles. The smallest absolute Gasteiger partial charge is 0.211 e. The van der Waals surface area contributed by atoms with Gasteiger partial charge in [0, 0.05) is 29.6 Å². The Morgan fingerprint density at radius 3 is 2.59 bits per heavy atom. The molecule has 0 amide bonds. The molecule has 0 radical (unpaired) electrons. The quantitative estimate of drug-likeness (QED) is 0.254. The molecular formula is C28H39ClN4O3S. The molecule has 1 atom stereocenters. The number of nitrogens with zero attached hydrogens (tertiary/aromatic N) is 2. The van der Waals surface area contributed by atoms with Crippen LogP contribution in [-0.4, -0.2) is 50.8 Å². The number of hydrogen-bond acceptors (Lipinski definition) is 4. The van der Waals surface area contributed by atoms with Crippen LogP contribution in [-0.2, 0) is 21.9 Å². The average Bonchev–Trinajstić information content (AvgIpc) is 2.82. The number of halogens is 1. The van der Waals surface area contributed by atoms with E-state index >= 15 is 0 Å². The molecule has 1 heterocycles. The summed E-state index contributed by atoms with van der Waals surface area (Å²) >= 11 is 6.24. The minimum absolute atomic E-state index is 0.0142. The van der Waals surface area contributed by atoms with Crippen LogP contribution >= 0.6 is 11.6 Å². The summed E-state index contributed by atoms with van der Waals surface area (Å²) in [4.78, 5) is 7.00. The zero-order chi connectivity index (χ0) is 26.6. The average molecular weight is 547 g/mol. The highest BCUT2D eigenvalue weighted by Gasteiger charge is 2.51. The molecule has 0 aromatic heterocycles. The molecule has 9 heteroatoms. The molecule has 1 saturated carbocycles. The zero-order valence-electron chi connectivity index (χ0n) is 22.0. The first-order valence-electron chi connectivity index (χ1n) is 13.2. The van der Waals surface area contributed by atoms with Crippen molar-refractivity contribution in [1.82, 2.24) is 9.62 Å². The molecule has 7 nitrogen and oxygen atoms in total. The fraction of sp³-hybridized carbons (Fsp3) is 0.536. The lowest BCUT2D eigenvalue weighted by molar-refractivity contribution is 0.0983. The normalized spacial score (nSPS) is 19.4. The number of benzene rings is 2. The predicted molar refractivity (Wildman–Crippen MR) is 151 cm³/mol. The number of guanidine groups is 1. The minimum atomic E-state index is -3.26. The number of sulfonamides is 1. The summed E-state index contributed by atoms with van der Waals surface area (Å²) in [6.07, 6.45) is 4.70. The van der Waals surface area contributed by atoms with Gasteiger partial charge in [-0.1, -0.05) is 43.1 Å². The van der Waals surface area contributed by atoms with Crippen molar-refractivity contribution >= 4 is 27.6 Å². The summed E-state index contributed by atoms with van der Waals surface area (Å²) in [6.45, 7) is 7.22. The third-order valence-electron chi connectivity index (χ3n) is 7.38. The van der Waals surface area contributed by atoms with Crippen LogP contribution in [0, 0.1) is 0 Å². The second kappa shape index (κ2) is 11.6. The molecule has 4 rings (SSSR count). The van der Waals surface area contributed by atoms with Gasteiger partial charge < -0.3 is 15.4 Å². The third-order valence-corrected chi connectivity index (χ3v) is 9.23. The van der Waals surface area contributed by atoms with Crippen LogP contribution in [0.4, 0.5) is 0 Å². The molecular weight excluding hydrogens is 508 g/mol. The van der Waals surface area contributed by atoms with Gasteiger partial charge in [0.15, 0.2) is 5.96 Å². The summed E-state index contributed by atoms with van der Waals surface area (Å²) in [5, 5.41) is 0.727. The molecule has 202 valence electrons. The summed E-state index contributed by atoms with van der Waals surface area (Å²) in [7, 11) is -3.26. The first-order chi connectivity index (χ1) is 17.6. The maximum absolute atomic E-state index is 12.0. The number of fused-ring (bicyclic) bond motifs is 1. The molecule has 2 aromatic carbocycles. The van der Waals surface area contributed by atoms with E-state index in [-0.39, 0.29) is 36.4 Å². The van der Waals surface area contributed by atoms with Gasteiger partial charge in [-0.2, -0.15) is 0 Å². The van der Waals surface area contributed by atoms with E-state index in [2.05, 4.69) is 33.9 Å². The monoisotopic (exact) mass is 546 g/mol. The van der Waals surface area contributed by atoms with Crippen LogP contribution in [0.25, 0.3) is 0 Å². The van der Waals surface area contributed by atoms with Gasteiger partial charge in [0.25, 0.3) is 0 Å². The van der Waals surface area contributed by atoms with Crippen LogP contribution < -0.4 is 15.2 Å². The fourth-order valence-corrected chi connectivity index (χ4v) is 6.83. The van der Waals surface area contributed by atoms with Gasteiger partial charge >= 0.3 is 0 Å². The molecule has 1 unspecified atom stereocenters. The Hall–Kier alpha value is -2.29. The van der Waals surface area contributed by atoms with Gasteiger partial charge in [-0.3, -0.25) is 4.99 Å². The zero-order valence-corrected chi connectivity index (χ0v) is 23.6. The molecule has 2 aliphatic rings. The van der Waals surface area contributed by atoms with E-state index in [0.29, 0.717) is 12.4 Å². The lowest BCUT2D eigenvalue weighted by Gasteiger charge is -2.54. The van der Waals surface area contributed by atoms with Gasteiger partial charge in [0.2, 0.25) is 10.0 Å². The molecule has 1 fully saturated rings. The van der Waals surface area contributed by atoms with Crippen LogP contribution in [0.2, 0.25) is 5.02 Å². The summed E-state index contributed by atoms with van der Waals surface area (Å²) < 4.78 is 32.5. The fourth-order valence-electron chi connectivity index (χ4n) is 5.63. The molecule has 3 N–H and O–H groups in total. The lowest BCUT2D eigenvalue weighted by atomic mass is 9.57. The topological polar surface area (TPSA) is 97.0 Å². The highest BCUT2D eigenvalue weighted by Crippen LogP contribution is 2.56. The van der Waals surface area contributed by atoms with Crippen molar-refractivity contribution in [2.24, 2.45) is 10.7 Å². The second-order valence-electron chi connectivity index (χ2n) is 10.4. The van der Waals surface area contributed by atoms with E-state index < -0.39 is 10.0 Å². The number of nitrogens with two attached hydrogens (primary N) is 1. The predicted octanol–water partition coefficient (Wildman–Crippen LogP) is 4.79. The SMILES string of the molecule is CCCS(=O)(=O)NCCOc1ccc2c(c1)C(C1(c3ccc(Cl)cc3)CCC1)N(C(N)=NC(C)C)CC2. The first-order valence-corrected chi connectivity index (χ1v) is 15.3. The molecule has 0 spiro atoms. The molecule has 2 aromatic rings. The highest BCUT2D eigenvalue weighted by molar-refractivity contribution is 7.89. The minimum Gasteiger partial charge on any atom is -0.492 e. The Balaban J connectivity index is 1.67. The Kier molecular flexibility index (Phi) is 8.71. The summed E-state index contributed by atoms with van der Waals surface area (Å²) in [5.41, 5.74) is 10.3. The van der Waals surface area contributed by atoms with Crippen molar-refractivity contribution < 1.29 is 13.2 Å². The van der Waals surface area contributed by atoms with Gasteiger partial charge in [-0.15, -0.1) is 0 Å². The molecule has 1 aliphatic heterocycles. The standard InChI is InChI=1S/C28H39ClN4O3S/c1-4-18-37(34,35)31-15-17-36-24-11-6-21-12-16-33(27(30)32-20(2)3)26(25(21)19-24)28(13-5-14-28)22-7-9-23(29)10-8-22/h6-11,19-20,26,31H,4-5,12-18H2,1-3H3,(H2,30,32). The van der Waals surface area contributed by atoms with Gasteiger partial charge in [-0.25, -0.2) is 13.1 Å². The summed E-state index contributed by atoms with van der Waals surface area (Å²) in [5.74, 6) is 1.42. The summed E-state index contributed by atoms with van der Waals surface area (Å²) in [6, 6.07) is 14.6. The van der Waals surface area contributed by atoms with E-state index in [0.717, 1.165) is 43.0 Å². The van der Waals surface area contributed by atoms with Crippen LogP contribution in [0.1, 0.15) is 69.2 Å². The first kappa shape index (κ1) is 27.7. The van der Waals surface area contributed by atoms with Crippen LogP contribution in [0.15, 0.2) is 47.5 Å².